The summed E-state index contributed by atoms with van der Waals surface area (Å²) in [4.78, 5) is 14.1. The number of nitrogens with zero attached hydrogens (tertiary/aromatic N) is 1. The number of hydrogen-bond donors (Lipinski definition) is 3. The van der Waals surface area contributed by atoms with E-state index >= 15 is 0 Å². The predicted octanol–water partition coefficient (Wildman–Crippen LogP) is 2.63. The first-order valence-corrected chi connectivity index (χ1v) is 12.4. The molecule has 0 saturated carbocycles. The molecule has 0 aromatic heterocycles. The third-order valence-electron chi connectivity index (χ3n) is 6.32. The van der Waals surface area contributed by atoms with Crippen LogP contribution < -0.4 is 5.48 Å². The fraction of sp³-hybridized carbons (Fsp3) is 0.375. The van der Waals surface area contributed by atoms with Crippen molar-refractivity contribution in [2.75, 3.05) is 25.9 Å². The average molecular weight is 459 g/mol. The quantitative estimate of drug-likeness (QED) is 0.415. The number of sulfone groups is 1. The molecular weight excluding hydrogens is 428 g/mol. The normalized spacial score (nSPS) is 16.8. The van der Waals surface area contributed by atoms with Gasteiger partial charge in [-0.25, -0.2) is 13.9 Å². The molecule has 1 heterocycles. The molecule has 32 heavy (non-hydrogen) atoms. The Balaban J connectivity index is 1.63. The Morgan fingerprint density at radius 2 is 1.62 bits per heavy atom. The first-order chi connectivity index (χ1) is 15.2. The van der Waals surface area contributed by atoms with Crippen LogP contribution in [0.15, 0.2) is 54.6 Å². The van der Waals surface area contributed by atoms with Crippen LogP contribution in [0.2, 0.25) is 0 Å². The largest absolute Gasteiger partial charge is 0.392 e. The third-order valence-corrected chi connectivity index (χ3v) is 8.35. The molecule has 0 fully saturated rings. The van der Waals surface area contributed by atoms with Gasteiger partial charge in [0, 0.05) is 25.9 Å². The van der Waals surface area contributed by atoms with Crippen LogP contribution in [0.1, 0.15) is 30.9 Å². The number of benzene rings is 2. The number of amides is 1. The molecule has 0 saturated heterocycles. The highest BCUT2D eigenvalue weighted by Crippen LogP contribution is 2.27. The average Bonchev–Trinajstić information content (AvgIpc) is 2.81. The standard InChI is InChI=1S/C24H30N2O5S/c1-24(23(28)25-29,32(2,30)31)13-16-26-14-11-22(12-15-26)21-9-7-20(8-10-21)19-5-3-18(17-27)4-6-19/h3-11,27,29H,12-17H2,1-2H3,(H,25,28). The molecule has 3 N–H and O–H groups in total. The lowest BCUT2D eigenvalue weighted by Gasteiger charge is -2.31. The van der Waals surface area contributed by atoms with Gasteiger partial charge in [-0.15, -0.1) is 0 Å². The van der Waals surface area contributed by atoms with Crippen LogP contribution in [0, 0.1) is 0 Å². The lowest BCUT2D eigenvalue weighted by molar-refractivity contribution is -0.131. The lowest BCUT2D eigenvalue weighted by Crippen LogP contribution is -2.51. The SMILES string of the molecule is CC(CCN1CC=C(c2ccc(-c3ccc(CO)cc3)cc2)CC1)(C(=O)NO)S(C)(=O)=O. The Labute approximate surface area is 189 Å². The number of carbonyl (C=O) groups excluding carboxylic acids is 1. The molecule has 1 atom stereocenters. The van der Waals surface area contributed by atoms with Crippen molar-refractivity contribution in [1.29, 1.82) is 0 Å². The summed E-state index contributed by atoms with van der Waals surface area (Å²) < 4.78 is 22.6. The van der Waals surface area contributed by atoms with E-state index in [2.05, 4.69) is 35.2 Å². The van der Waals surface area contributed by atoms with E-state index < -0.39 is 20.5 Å². The lowest BCUT2D eigenvalue weighted by atomic mass is 9.96. The summed E-state index contributed by atoms with van der Waals surface area (Å²) in [5, 5.41) is 18.1. The number of rotatable bonds is 8. The van der Waals surface area contributed by atoms with Crippen LogP contribution in [-0.4, -0.2) is 60.2 Å². The van der Waals surface area contributed by atoms with Crippen molar-refractivity contribution in [3.63, 3.8) is 0 Å². The fourth-order valence-corrected chi connectivity index (χ4v) is 4.66. The Morgan fingerprint density at radius 3 is 2.09 bits per heavy atom. The summed E-state index contributed by atoms with van der Waals surface area (Å²) in [7, 11) is -3.69. The maximum Gasteiger partial charge on any atom is 0.264 e. The van der Waals surface area contributed by atoms with Gasteiger partial charge in [0.15, 0.2) is 14.6 Å². The van der Waals surface area contributed by atoms with Gasteiger partial charge in [0.05, 0.1) is 6.61 Å². The van der Waals surface area contributed by atoms with E-state index in [1.807, 2.05) is 24.3 Å². The zero-order chi connectivity index (χ0) is 23.4. The Bertz CT molecular complexity index is 1080. The van der Waals surface area contributed by atoms with E-state index in [-0.39, 0.29) is 13.0 Å². The molecule has 1 aliphatic rings. The van der Waals surface area contributed by atoms with Crippen molar-refractivity contribution in [2.24, 2.45) is 0 Å². The summed E-state index contributed by atoms with van der Waals surface area (Å²) in [5.74, 6) is -0.903. The van der Waals surface area contributed by atoms with Gasteiger partial charge in [0.2, 0.25) is 0 Å². The van der Waals surface area contributed by atoms with Gasteiger partial charge < -0.3 is 5.11 Å². The number of hydroxylamine groups is 1. The van der Waals surface area contributed by atoms with Gasteiger partial charge in [0.25, 0.3) is 5.91 Å². The van der Waals surface area contributed by atoms with Crippen molar-refractivity contribution in [3.8, 4) is 11.1 Å². The second-order valence-electron chi connectivity index (χ2n) is 8.41. The molecule has 0 aliphatic carbocycles. The molecule has 172 valence electrons. The first kappa shape index (κ1) is 24.1. The van der Waals surface area contributed by atoms with Crippen LogP contribution in [0.3, 0.4) is 0 Å². The van der Waals surface area contributed by atoms with Gasteiger partial charge in [0.1, 0.15) is 0 Å². The zero-order valence-corrected chi connectivity index (χ0v) is 19.2. The van der Waals surface area contributed by atoms with Gasteiger partial charge >= 0.3 is 0 Å². The topological polar surface area (TPSA) is 107 Å². The van der Waals surface area contributed by atoms with E-state index in [1.54, 1.807) is 0 Å². The third kappa shape index (κ3) is 5.27. The smallest absolute Gasteiger partial charge is 0.264 e. The minimum absolute atomic E-state index is 0.0342. The highest BCUT2D eigenvalue weighted by Gasteiger charge is 2.43. The minimum atomic E-state index is -3.69. The van der Waals surface area contributed by atoms with Crippen LogP contribution in [0.4, 0.5) is 0 Å². The summed E-state index contributed by atoms with van der Waals surface area (Å²) in [6.07, 6.45) is 4.08. The van der Waals surface area contributed by atoms with Crippen LogP contribution in [0.25, 0.3) is 16.7 Å². The van der Waals surface area contributed by atoms with E-state index in [1.165, 1.54) is 18.0 Å². The number of aliphatic hydroxyl groups is 1. The molecule has 7 nitrogen and oxygen atoms in total. The second-order valence-corrected chi connectivity index (χ2v) is 10.9. The van der Waals surface area contributed by atoms with E-state index in [9.17, 15) is 18.3 Å². The van der Waals surface area contributed by atoms with Crippen molar-refractivity contribution in [2.45, 2.75) is 31.1 Å². The van der Waals surface area contributed by atoms with Crippen LogP contribution >= 0.6 is 0 Å². The predicted molar refractivity (Wildman–Crippen MR) is 125 cm³/mol. The molecule has 0 radical (unpaired) electrons. The molecule has 2 aromatic carbocycles. The Kier molecular flexibility index (Phi) is 7.51. The second kappa shape index (κ2) is 9.95. The molecular formula is C24H30N2O5S. The van der Waals surface area contributed by atoms with Crippen molar-refractivity contribution in [1.82, 2.24) is 10.4 Å². The number of carbonyl (C=O) groups is 1. The monoisotopic (exact) mass is 458 g/mol. The maximum absolute atomic E-state index is 12.1. The highest BCUT2D eigenvalue weighted by molar-refractivity contribution is 7.92. The van der Waals surface area contributed by atoms with Crippen molar-refractivity contribution in [3.05, 3.63) is 65.7 Å². The molecule has 1 aliphatic heterocycles. The molecule has 3 rings (SSSR count). The van der Waals surface area contributed by atoms with Crippen LogP contribution in [0.5, 0.6) is 0 Å². The number of aliphatic hydroxyl groups excluding tert-OH is 1. The van der Waals surface area contributed by atoms with Gasteiger partial charge in [-0.3, -0.25) is 14.9 Å². The van der Waals surface area contributed by atoms with E-state index in [0.29, 0.717) is 13.1 Å². The molecule has 1 amide bonds. The van der Waals surface area contributed by atoms with Crippen molar-refractivity contribution >= 4 is 21.3 Å². The summed E-state index contributed by atoms with van der Waals surface area (Å²) in [6.45, 7) is 3.24. The van der Waals surface area contributed by atoms with Crippen LogP contribution in [-0.2, 0) is 21.2 Å². The number of nitrogens with one attached hydrogen (secondary N) is 1. The van der Waals surface area contributed by atoms with E-state index in [4.69, 9.17) is 5.21 Å². The van der Waals surface area contributed by atoms with Gasteiger partial charge in [-0.1, -0.05) is 54.6 Å². The Morgan fingerprint density at radius 1 is 1.06 bits per heavy atom. The summed E-state index contributed by atoms with van der Waals surface area (Å²) in [5.41, 5.74) is 6.97. The zero-order valence-electron chi connectivity index (χ0n) is 18.4. The first-order valence-electron chi connectivity index (χ1n) is 10.5. The molecule has 2 aromatic rings. The Hall–Kier alpha value is -2.52. The number of hydrogen-bond acceptors (Lipinski definition) is 6. The molecule has 0 bridgehead atoms. The minimum Gasteiger partial charge on any atom is -0.392 e. The van der Waals surface area contributed by atoms with Gasteiger partial charge in [-0.2, -0.15) is 0 Å². The summed E-state index contributed by atoms with van der Waals surface area (Å²) >= 11 is 0. The maximum atomic E-state index is 12.1. The van der Waals surface area contributed by atoms with E-state index in [0.717, 1.165) is 41.5 Å². The van der Waals surface area contributed by atoms with Gasteiger partial charge in [-0.05, 0) is 47.6 Å². The molecule has 1 unspecified atom stereocenters. The van der Waals surface area contributed by atoms with Crippen molar-refractivity contribution < 1.29 is 23.5 Å². The molecule has 0 spiro atoms. The molecule has 8 heteroatoms. The summed E-state index contributed by atoms with van der Waals surface area (Å²) in [6, 6.07) is 16.2. The highest BCUT2D eigenvalue weighted by atomic mass is 32.2. The fourth-order valence-electron chi connectivity index (χ4n) is 3.81.